The van der Waals surface area contributed by atoms with Crippen molar-refractivity contribution < 1.29 is 103 Å². The van der Waals surface area contributed by atoms with E-state index in [2.05, 4.69) is 14.0 Å². The van der Waals surface area contributed by atoms with Gasteiger partial charge in [0, 0.05) is 43.7 Å². The van der Waals surface area contributed by atoms with Crippen LogP contribution >= 0.6 is 45.3 Å². The van der Waals surface area contributed by atoms with E-state index in [0.29, 0.717) is 67.7 Å². The average molecular weight is 1200 g/mol. The molecule has 0 bridgehead atoms. The Bertz CT molecular complexity index is 2810. The molecule has 80 heavy (non-hydrogen) atoms. The maximum absolute atomic E-state index is 13.3. The minimum absolute atomic E-state index is 0.000680. The lowest BCUT2D eigenvalue weighted by atomic mass is 10.00. The molecular weight excluding hydrogens is 1150 g/mol. The van der Waals surface area contributed by atoms with Gasteiger partial charge in [0.2, 0.25) is 11.2 Å². The number of alkyl halides is 6. The molecule has 6 heterocycles. The Morgan fingerprint density at radius 1 is 0.637 bits per heavy atom. The standard InChI is InChI=1S/C25H27FNO4S2.C25H29NO5S2.2C2HF3O2/c1-27(13-2-5-21(28)18-8-10-19(26)11-9-18)14-12-20(17-27)31-24(29)25(30,22-6-3-15-32-22)23-7-4-16-33-23;1-2-26(12-6-14-30-20-8-3-7-19(27)17-20)13-11-21(18-26)31-24(28)25(29,22-9-4-15-32-22)23-10-5-16-33-23;2*3-2(4,5)1(6)7/h3-4,6-11,15-16,20,30H,2,5,12-14,17H2,1H3;3-5,7-10,15-17,21,29H,2,6,11-14,18H2,1H3;2*(H,6,7)/q+1;;;/p-1. The van der Waals surface area contributed by atoms with E-state index < -0.39 is 47.4 Å². The number of halogens is 7. The Hall–Kier alpha value is -6.26. The van der Waals surface area contributed by atoms with Crippen LogP contribution in [0.1, 0.15) is 68.9 Å². The number of thiophene rings is 4. The number of carbonyl (C=O) groups excluding carboxylic acids is 5. The van der Waals surface area contributed by atoms with Crippen molar-refractivity contribution in [1.82, 2.24) is 0 Å². The molecule has 2 saturated heterocycles. The number of aliphatic carboxylic acids is 2. The topological polar surface area (TPSA) is 220 Å². The fourth-order valence-electron chi connectivity index (χ4n) is 8.83. The van der Waals surface area contributed by atoms with Crippen LogP contribution in [0.2, 0.25) is 0 Å². The van der Waals surface area contributed by atoms with Gasteiger partial charge in [0.15, 0.2) is 18.0 Å². The predicted molar refractivity (Wildman–Crippen MR) is 279 cm³/mol. The zero-order chi connectivity index (χ0) is 58.9. The first-order valence-electron chi connectivity index (χ1n) is 24.6. The third kappa shape index (κ3) is 17.9. The van der Waals surface area contributed by atoms with E-state index in [-0.39, 0.29) is 29.6 Å². The van der Waals surface area contributed by atoms with E-state index in [9.17, 15) is 60.4 Å². The van der Waals surface area contributed by atoms with Gasteiger partial charge < -0.3 is 58.3 Å². The lowest BCUT2D eigenvalue weighted by molar-refractivity contribution is -0.916. The highest BCUT2D eigenvalue weighted by atomic mass is 32.1. The molecule has 15 nitrogen and oxygen atoms in total. The number of ketones is 1. The van der Waals surface area contributed by atoms with Crippen molar-refractivity contribution in [2.45, 2.75) is 74.8 Å². The fourth-order valence-corrected chi connectivity index (χ4v) is 12.3. The molecular formula is C54H57F7N2O13S4. The number of rotatable bonds is 19. The number of aliphatic hydroxyl groups is 2. The first-order valence-corrected chi connectivity index (χ1v) is 28.1. The number of phenols is 1. The van der Waals surface area contributed by atoms with Crippen molar-refractivity contribution in [3.05, 3.63) is 149 Å². The monoisotopic (exact) mass is 1200 g/mol. The van der Waals surface area contributed by atoms with E-state index in [4.69, 9.17) is 34.0 Å². The van der Waals surface area contributed by atoms with Crippen LogP contribution in [0.15, 0.2) is 119 Å². The predicted octanol–water partition coefficient (Wildman–Crippen LogP) is 7.58. The van der Waals surface area contributed by atoms with Gasteiger partial charge in [-0.1, -0.05) is 30.3 Å². The summed E-state index contributed by atoms with van der Waals surface area (Å²) in [6.45, 7) is 8.50. The van der Waals surface area contributed by atoms with E-state index in [0.717, 1.165) is 56.6 Å². The SMILES string of the molecule is CC[N+]1(CCCOc2cccc(O)c2)CCC(OC(=O)C(O)(c2cccs2)c2cccs2)C1.C[N+]1(CCCC(=O)c2ccc(F)cc2)CCC(OC(=O)C(O)(c2cccs2)c2cccs2)C1.O=C([O-])C(F)(F)F.O=C([O-])C(F)(F)F. The molecule has 4 atom stereocenters. The second kappa shape index (κ2) is 28.4. The molecule has 0 aliphatic carbocycles. The van der Waals surface area contributed by atoms with Crippen molar-refractivity contribution in [2.24, 2.45) is 0 Å². The molecule has 0 amide bonds. The molecule has 3 N–H and O–H groups in total. The summed E-state index contributed by atoms with van der Waals surface area (Å²) in [5, 5.41) is 57.4. The summed E-state index contributed by atoms with van der Waals surface area (Å²) in [6, 6.07) is 26.8. The lowest BCUT2D eigenvalue weighted by Crippen LogP contribution is -2.48. The van der Waals surface area contributed by atoms with Crippen LogP contribution < -0.4 is 14.9 Å². The number of nitrogens with zero attached hydrogens (tertiary/aromatic N) is 2. The molecule has 2 aliphatic heterocycles. The molecule has 2 aromatic carbocycles. The fraction of sp³-hybridized carbons (Fsp3) is 0.389. The molecule has 0 spiro atoms. The quantitative estimate of drug-likeness (QED) is 0.0235. The highest BCUT2D eigenvalue weighted by Gasteiger charge is 2.49. The summed E-state index contributed by atoms with van der Waals surface area (Å²) in [4.78, 5) is 58.6. The van der Waals surface area contributed by atoms with Crippen molar-refractivity contribution in [3.8, 4) is 11.5 Å². The van der Waals surface area contributed by atoms with E-state index in [1.54, 1.807) is 42.5 Å². The Morgan fingerprint density at radius 2 is 1.09 bits per heavy atom. The van der Waals surface area contributed by atoms with Crippen LogP contribution in [0.3, 0.4) is 0 Å². The molecule has 434 valence electrons. The number of likely N-dealkylation sites (N-methyl/N-ethyl adjacent to an activating group) is 2. The maximum Gasteiger partial charge on any atom is 0.430 e. The number of carboxylic acid groups (broad SMARTS) is 2. The smallest absolute Gasteiger partial charge is 0.430 e. The molecule has 4 unspecified atom stereocenters. The van der Waals surface area contributed by atoms with Gasteiger partial charge in [-0.15, -0.1) is 45.3 Å². The summed E-state index contributed by atoms with van der Waals surface area (Å²) < 4.78 is 95.2. The number of hydrogen-bond acceptors (Lipinski definition) is 17. The third-order valence-electron chi connectivity index (χ3n) is 13.1. The molecule has 6 aromatic rings. The third-order valence-corrected chi connectivity index (χ3v) is 17.0. The summed E-state index contributed by atoms with van der Waals surface area (Å²) in [5.41, 5.74) is -3.04. The molecule has 0 saturated carbocycles. The number of carbonyl (C=O) groups is 5. The summed E-state index contributed by atoms with van der Waals surface area (Å²) in [6.07, 6.45) is -7.48. The highest BCUT2D eigenvalue weighted by Crippen LogP contribution is 2.39. The Balaban J connectivity index is 0.000000237. The molecule has 4 aromatic heterocycles. The van der Waals surface area contributed by atoms with E-state index >= 15 is 0 Å². The average Bonchev–Trinajstić information content (AvgIpc) is 4.29. The Morgan fingerprint density at radius 3 is 1.50 bits per heavy atom. The molecule has 26 heteroatoms. The van der Waals surface area contributed by atoms with Crippen LogP contribution in [0, 0.1) is 5.82 Å². The van der Waals surface area contributed by atoms with Crippen molar-refractivity contribution in [2.75, 3.05) is 59.5 Å². The van der Waals surface area contributed by atoms with Gasteiger partial charge in [-0.2, -0.15) is 26.3 Å². The number of carboxylic acids is 2. The summed E-state index contributed by atoms with van der Waals surface area (Å²) in [7, 11) is 2.10. The zero-order valence-electron chi connectivity index (χ0n) is 43.0. The molecule has 8 rings (SSSR count). The van der Waals surface area contributed by atoms with Crippen LogP contribution in [0.25, 0.3) is 0 Å². The van der Waals surface area contributed by atoms with Gasteiger partial charge in [0.1, 0.15) is 42.3 Å². The van der Waals surface area contributed by atoms with Gasteiger partial charge >= 0.3 is 24.3 Å². The van der Waals surface area contributed by atoms with Gasteiger partial charge in [0.05, 0.1) is 65.9 Å². The van der Waals surface area contributed by atoms with Crippen molar-refractivity contribution in [3.63, 3.8) is 0 Å². The normalized spacial score (nSPS) is 19.0. The van der Waals surface area contributed by atoms with Gasteiger partial charge in [0.25, 0.3) is 0 Å². The van der Waals surface area contributed by atoms with Crippen LogP contribution in [-0.2, 0) is 39.9 Å². The van der Waals surface area contributed by atoms with Crippen LogP contribution in [0.5, 0.6) is 11.5 Å². The first kappa shape index (κ1) is 64.6. The van der Waals surface area contributed by atoms with Crippen molar-refractivity contribution >= 4 is 75.0 Å². The van der Waals surface area contributed by atoms with Gasteiger partial charge in [-0.05, 0) is 89.1 Å². The van der Waals surface area contributed by atoms with Crippen molar-refractivity contribution in [1.29, 1.82) is 0 Å². The molecule has 2 fully saturated rings. The Labute approximate surface area is 471 Å². The number of aromatic hydroxyl groups is 1. The number of benzene rings is 2. The molecule has 0 radical (unpaired) electrons. The number of phenolic OH excluding ortho intramolecular Hbond substituents is 1. The minimum Gasteiger partial charge on any atom is -0.542 e. The summed E-state index contributed by atoms with van der Waals surface area (Å²) in [5.74, 6) is -6.75. The summed E-state index contributed by atoms with van der Waals surface area (Å²) >= 11 is 5.36. The van der Waals surface area contributed by atoms with E-state index in [1.807, 2.05) is 51.9 Å². The van der Waals surface area contributed by atoms with Gasteiger partial charge in [-0.25, -0.2) is 14.0 Å². The van der Waals surface area contributed by atoms with E-state index in [1.165, 1.54) is 69.6 Å². The number of ether oxygens (including phenoxy) is 3. The number of quaternary nitrogens is 2. The second-order valence-electron chi connectivity index (χ2n) is 18.8. The number of hydrogen-bond donors (Lipinski definition) is 3. The first-order chi connectivity index (χ1) is 37.6. The second-order valence-corrected chi connectivity index (χ2v) is 22.6. The van der Waals surface area contributed by atoms with Crippen LogP contribution in [0.4, 0.5) is 30.7 Å². The van der Waals surface area contributed by atoms with Crippen LogP contribution in [-0.4, -0.2) is 138 Å². The van der Waals surface area contributed by atoms with Gasteiger partial charge in [-0.3, -0.25) is 4.79 Å². The molecule has 2 aliphatic rings. The lowest BCUT2D eigenvalue weighted by Gasteiger charge is -2.33. The number of likely N-dealkylation sites (tertiary alicyclic amines) is 2. The highest BCUT2D eigenvalue weighted by molar-refractivity contribution is 7.12. The minimum atomic E-state index is -5.19. The largest absolute Gasteiger partial charge is 0.542 e. The zero-order valence-corrected chi connectivity index (χ0v) is 46.3. The number of esters is 2. The maximum atomic E-state index is 13.3. The number of Topliss-reactive ketones (excluding diaryl/α,β-unsaturated/α-hetero) is 1. The Kier molecular flexibility index (Phi) is 22.9.